The molecule has 1 N–H and O–H groups in total. The Bertz CT molecular complexity index is 715. The molecule has 1 saturated heterocycles. The third-order valence-corrected chi connectivity index (χ3v) is 3.73. The molecule has 0 unspecified atom stereocenters. The molecule has 1 aromatic heterocycles. The van der Waals surface area contributed by atoms with Gasteiger partial charge >= 0.3 is 0 Å². The Morgan fingerprint density at radius 1 is 1.26 bits per heavy atom. The monoisotopic (exact) mass is 315 g/mol. The van der Waals surface area contributed by atoms with Gasteiger partial charge in [0.05, 0.1) is 18.9 Å². The van der Waals surface area contributed by atoms with Crippen LogP contribution in [0, 0.1) is 12.7 Å². The van der Waals surface area contributed by atoms with Crippen molar-refractivity contribution in [3.05, 3.63) is 53.6 Å². The van der Waals surface area contributed by atoms with Crippen LogP contribution in [0.4, 0.5) is 15.8 Å². The Balaban J connectivity index is 1.76. The summed E-state index contributed by atoms with van der Waals surface area (Å²) in [7, 11) is 0. The molecule has 0 saturated carbocycles. The van der Waals surface area contributed by atoms with Crippen LogP contribution in [0.3, 0.4) is 0 Å². The zero-order chi connectivity index (χ0) is 16.2. The molecule has 1 aromatic carbocycles. The molecule has 23 heavy (non-hydrogen) atoms. The number of nitrogens with zero attached hydrogens (tertiary/aromatic N) is 2. The van der Waals surface area contributed by atoms with Gasteiger partial charge < -0.3 is 15.0 Å². The van der Waals surface area contributed by atoms with Gasteiger partial charge in [-0.2, -0.15) is 0 Å². The topological polar surface area (TPSA) is 54.5 Å². The van der Waals surface area contributed by atoms with Crippen molar-refractivity contribution in [2.45, 2.75) is 6.92 Å². The fourth-order valence-corrected chi connectivity index (χ4v) is 2.47. The second kappa shape index (κ2) is 6.75. The molecule has 6 heteroatoms. The minimum absolute atomic E-state index is 0.152. The van der Waals surface area contributed by atoms with Crippen LogP contribution < -0.4 is 10.2 Å². The minimum Gasteiger partial charge on any atom is -0.378 e. The summed E-state index contributed by atoms with van der Waals surface area (Å²) in [5, 5.41) is 2.56. The standard InChI is InChI=1S/C17H18FN3O2/c1-12-2-3-15(14(18)10-12)20-17(22)16-11-13(4-5-19-16)21-6-8-23-9-7-21/h2-5,10-11H,6-9H2,1H3,(H,20,22). The summed E-state index contributed by atoms with van der Waals surface area (Å²) < 4.78 is 19.2. The van der Waals surface area contributed by atoms with Crippen LogP contribution in [0.2, 0.25) is 0 Å². The number of aromatic nitrogens is 1. The lowest BCUT2D eigenvalue weighted by Gasteiger charge is -2.28. The largest absolute Gasteiger partial charge is 0.378 e. The van der Waals surface area contributed by atoms with E-state index in [2.05, 4.69) is 15.2 Å². The SMILES string of the molecule is Cc1ccc(NC(=O)c2cc(N3CCOCC3)ccn2)c(F)c1. The first-order valence-corrected chi connectivity index (χ1v) is 7.50. The first-order valence-electron chi connectivity index (χ1n) is 7.50. The number of amides is 1. The number of carbonyl (C=O) groups excluding carboxylic acids is 1. The van der Waals surface area contributed by atoms with Crippen molar-refractivity contribution in [1.29, 1.82) is 0 Å². The highest BCUT2D eigenvalue weighted by atomic mass is 19.1. The third kappa shape index (κ3) is 3.65. The molecule has 0 spiro atoms. The van der Waals surface area contributed by atoms with E-state index in [1.807, 2.05) is 6.07 Å². The summed E-state index contributed by atoms with van der Waals surface area (Å²) >= 11 is 0. The molecule has 2 heterocycles. The molecule has 5 nitrogen and oxygen atoms in total. The van der Waals surface area contributed by atoms with Gasteiger partial charge in [0.25, 0.3) is 5.91 Å². The van der Waals surface area contributed by atoms with Crippen molar-refractivity contribution in [3.63, 3.8) is 0 Å². The molecule has 2 aromatic rings. The number of pyridine rings is 1. The van der Waals surface area contributed by atoms with Crippen molar-refractivity contribution >= 4 is 17.3 Å². The number of anilines is 2. The summed E-state index contributed by atoms with van der Waals surface area (Å²) in [5.41, 5.74) is 2.12. The van der Waals surface area contributed by atoms with Gasteiger partial charge in [0.2, 0.25) is 0 Å². The molecule has 1 aliphatic heterocycles. The number of nitrogens with one attached hydrogen (secondary N) is 1. The second-order valence-corrected chi connectivity index (χ2v) is 5.44. The lowest BCUT2D eigenvalue weighted by molar-refractivity contribution is 0.102. The summed E-state index contributed by atoms with van der Waals surface area (Å²) in [4.78, 5) is 18.5. The van der Waals surface area contributed by atoms with E-state index in [0.29, 0.717) is 13.2 Å². The van der Waals surface area contributed by atoms with Gasteiger partial charge in [0.15, 0.2) is 0 Å². The maximum absolute atomic E-state index is 13.8. The lowest BCUT2D eigenvalue weighted by atomic mass is 10.2. The Morgan fingerprint density at radius 2 is 2.04 bits per heavy atom. The molecule has 1 amide bonds. The molecular formula is C17H18FN3O2. The van der Waals surface area contributed by atoms with Crippen molar-refractivity contribution in [2.75, 3.05) is 36.5 Å². The number of morpholine rings is 1. The number of hydrogen-bond acceptors (Lipinski definition) is 4. The van der Waals surface area contributed by atoms with Crippen LogP contribution >= 0.6 is 0 Å². The quantitative estimate of drug-likeness (QED) is 0.946. The van der Waals surface area contributed by atoms with Crippen LogP contribution in [0.1, 0.15) is 16.1 Å². The average molecular weight is 315 g/mol. The van der Waals surface area contributed by atoms with Crippen LogP contribution in [0.5, 0.6) is 0 Å². The summed E-state index contributed by atoms with van der Waals surface area (Å²) in [6.45, 7) is 4.67. The van der Waals surface area contributed by atoms with Gasteiger partial charge in [-0.15, -0.1) is 0 Å². The van der Waals surface area contributed by atoms with E-state index in [1.54, 1.807) is 31.3 Å². The van der Waals surface area contributed by atoms with Crippen molar-refractivity contribution in [2.24, 2.45) is 0 Å². The van der Waals surface area contributed by atoms with Gasteiger partial charge in [0.1, 0.15) is 11.5 Å². The van der Waals surface area contributed by atoms with Crippen LogP contribution in [-0.2, 0) is 4.74 Å². The van der Waals surface area contributed by atoms with E-state index >= 15 is 0 Å². The first kappa shape index (κ1) is 15.4. The maximum Gasteiger partial charge on any atom is 0.274 e. The van der Waals surface area contributed by atoms with Crippen LogP contribution in [-0.4, -0.2) is 37.2 Å². The van der Waals surface area contributed by atoms with Crippen molar-refractivity contribution < 1.29 is 13.9 Å². The van der Waals surface area contributed by atoms with Crippen molar-refractivity contribution in [1.82, 2.24) is 4.98 Å². The smallest absolute Gasteiger partial charge is 0.274 e. The van der Waals surface area contributed by atoms with E-state index in [9.17, 15) is 9.18 Å². The predicted molar refractivity (Wildman–Crippen MR) is 86.4 cm³/mol. The number of halogens is 1. The van der Waals surface area contributed by atoms with Crippen molar-refractivity contribution in [3.8, 4) is 0 Å². The lowest BCUT2D eigenvalue weighted by Crippen LogP contribution is -2.36. The van der Waals surface area contributed by atoms with Crippen LogP contribution in [0.25, 0.3) is 0 Å². The highest BCUT2D eigenvalue weighted by Gasteiger charge is 2.15. The summed E-state index contributed by atoms with van der Waals surface area (Å²) in [6.07, 6.45) is 1.59. The van der Waals surface area contributed by atoms with E-state index in [-0.39, 0.29) is 11.4 Å². The van der Waals surface area contributed by atoms with Crippen LogP contribution in [0.15, 0.2) is 36.5 Å². The highest BCUT2D eigenvalue weighted by Crippen LogP contribution is 2.19. The highest BCUT2D eigenvalue weighted by molar-refractivity contribution is 6.03. The summed E-state index contributed by atoms with van der Waals surface area (Å²) in [6, 6.07) is 8.25. The normalized spacial score (nSPS) is 14.6. The fraction of sp³-hybridized carbons (Fsp3) is 0.294. The minimum atomic E-state index is -0.456. The summed E-state index contributed by atoms with van der Waals surface area (Å²) in [5.74, 6) is -0.884. The zero-order valence-corrected chi connectivity index (χ0v) is 12.9. The molecule has 0 atom stereocenters. The molecule has 0 radical (unpaired) electrons. The Hall–Kier alpha value is -2.47. The first-order chi connectivity index (χ1) is 11.1. The van der Waals surface area contributed by atoms with Gasteiger partial charge in [-0.1, -0.05) is 6.07 Å². The molecule has 1 fully saturated rings. The van der Waals surface area contributed by atoms with Gasteiger partial charge in [-0.3, -0.25) is 9.78 Å². The van der Waals surface area contributed by atoms with E-state index < -0.39 is 11.7 Å². The number of aryl methyl sites for hydroxylation is 1. The van der Waals surface area contributed by atoms with E-state index in [0.717, 1.165) is 24.3 Å². The van der Waals surface area contributed by atoms with Gasteiger partial charge in [-0.25, -0.2) is 4.39 Å². The second-order valence-electron chi connectivity index (χ2n) is 5.44. The zero-order valence-electron chi connectivity index (χ0n) is 12.9. The third-order valence-electron chi connectivity index (χ3n) is 3.73. The number of benzene rings is 1. The number of carbonyl (C=O) groups is 1. The van der Waals surface area contributed by atoms with E-state index in [1.165, 1.54) is 6.07 Å². The van der Waals surface area contributed by atoms with Gasteiger partial charge in [0, 0.05) is 25.0 Å². The molecule has 1 aliphatic rings. The molecular weight excluding hydrogens is 297 g/mol. The molecule has 120 valence electrons. The number of rotatable bonds is 3. The number of hydrogen-bond donors (Lipinski definition) is 1. The molecule has 0 bridgehead atoms. The maximum atomic E-state index is 13.8. The average Bonchev–Trinajstić information content (AvgIpc) is 2.58. The Morgan fingerprint density at radius 3 is 2.78 bits per heavy atom. The van der Waals surface area contributed by atoms with Gasteiger partial charge in [-0.05, 0) is 36.8 Å². The fourth-order valence-electron chi connectivity index (χ4n) is 2.47. The number of ether oxygens (including phenoxy) is 1. The Labute approximate surface area is 134 Å². The Kier molecular flexibility index (Phi) is 4.52. The van der Waals surface area contributed by atoms with E-state index in [4.69, 9.17) is 4.74 Å². The molecule has 3 rings (SSSR count). The molecule has 0 aliphatic carbocycles. The predicted octanol–water partition coefficient (Wildman–Crippen LogP) is 2.62.